The zero-order valence-corrected chi connectivity index (χ0v) is 12.1. The van der Waals surface area contributed by atoms with Crippen molar-refractivity contribution in [1.82, 2.24) is 4.98 Å². The van der Waals surface area contributed by atoms with Crippen LogP contribution >= 0.6 is 11.6 Å². The number of primary sulfonamides is 1. The van der Waals surface area contributed by atoms with E-state index in [0.717, 1.165) is 0 Å². The van der Waals surface area contributed by atoms with E-state index in [1.165, 1.54) is 18.2 Å². The predicted octanol–water partition coefficient (Wildman–Crippen LogP) is 2.49. The van der Waals surface area contributed by atoms with Crippen LogP contribution < -0.4 is 9.88 Å². The van der Waals surface area contributed by atoms with Crippen molar-refractivity contribution in [1.29, 1.82) is 0 Å². The van der Waals surface area contributed by atoms with E-state index in [2.05, 4.69) is 11.6 Å². The highest BCUT2D eigenvalue weighted by atomic mass is 35.5. The van der Waals surface area contributed by atoms with Crippen LogP contribution in [0.25, 0.3) is 10.9 Å². The molecule has 0 aliphatic carbocycles. The van der Waals surface area contributed by atoms with Crippen LogP contribution in [0.15, 0.2) is 41.8 Å². The van der Waals surface area contributed by atoms with Crippen LogP contribution in [0, 0.1) is 0 Å². The first-order chi connectivity index (χ1) is 9.43. The largest absolute Gasteiger partial charge is 0.491 e. The van der Waals surface area contributed by atoms with Crippen LogP contribution in [-0.2, 0) is 10.0 Å². The van der Waals surface area contributed by atoms with Gasteiger partial charge in [-0.15, -0.1) is 6.58 Å². The van der Waals surface area contributed by atoms with Gasteiger partial charge in [0.1, 0.15) is 16.4 Å². The van der Waals surface area contributed by atoms with Crippen molar-refractivity contribution >= 4 is 32.5 Å². The summed E-state index contributed by atoms with van der Waals surface area (Å²) in [6.07, 6.45) is 2.39. The quantitative estimate of drug-likeness (QED) is 0.522. The fraction of sp³-hybridized carbons (Fsp3) is 0.154. The fourth-order valence-corrected chi connectivity index (χ4v) is 2.64. The molecule has 0 aliphatic rings. The number of halogens is 1. The van der Waals surface area contributed by atoms with Gasteiger partial charge in [0.05, 0.1) is 11.5 Å². The van der Waals surface area contributed by atoms with E-state index < -0.39 is 10.0 Å². The maximum atomic E-state index is 11.6. The van der Waals surface area contributed by atoms with Crippen molar-refractivity contribution in [2.24, 2.45) is 5.14 Å². The zero-order chi connectivity index (χ0) is 14.8. The standard InChI is InChI=1S/C13H13ClN2O3S/c1-2-3-8-19-10-5-6-11(20(15,17)18)9-4-7-12(14)16-13(9)10/h2,4-7H,1,3,8H2,(H2,15,17,18). The number of ether oxygens (including phenoxy) is 1. The van der Waals surface area contributed by atoms with Crippen LogP contribution in [0.4, 0.5) is 0 Å². The Morgan fingerprint density at radius 2 is 2.10 bits per heavy atom. The molecule has 0 fully saturated rings. The summed E-state index contributed by atoms with van der Waals surface area (Å²) < 4.78 is 28.7. The monoisotopic (exact) mass is 312 g/mol. The average molecular weight is 313 g/mol. The minimum Gasteiger partial charge on any atom is -0.491 e. The molecule has 1 aromatic heterocycles. The number of hydrogen-bond acceptors (Lipinski definition) is 4. The maximum absolute atomic E-state index is 11.6. The summed E-state index contributed by atoms with van der Waals surface area (Å²) in [7, 11) is -3.84. The maximum Gasteiger partial charge on any atom is 0.238 e. The Hall–Kier alpha value is -1.63. The van der Waals surface area contributed by atoms with Gasteiger partial charge >= 0.3 is 0 Å². The van der Waals surface area contributed by atoms with E-state index in [-0.39, 0.29) is 10.0 Å². The summed E-state index contributed by atoms with van der Waals surface area (Å²) in [6.45, 7) is 4.02. The summed E-state index contributed by atoms with van der Waals surface area (Å²) in [4.78, 5) is 4.12. The molecule has 0 amide bonds. The Bertz CT molecular complexity index is 760. The molecule has 0 bridgehead atoms. The van der Waals surface area contributed by atoms with Gasteiger partial charge in [-0.2, -0.15) is 0 Å². The van der Waals surface area contributed by atoms with Crippen LogP contribution in [0.5, 0.6) is 5.75 Å². The van der Waals surface area contributed by atoms with Gasteiger partial charge in [-0.1, -0.05) is 17.7 Å². The molecule has 0 spiro atoms. The van der Waals surface area contributed by atoms with Gasteiger partial charge in [0.15, 0.2) is 0 Å². The number of nitrogens with zero attached hydrogens (tertiary/aromatic N) is 1. The molecule has 1 aromatic carbocycles. The molecule has 1 heterocycles. The minimum absolute atomic E-state index is 0.00672. The number of hydrogen-bond donors (Lipinski definition) is 1. The van der Waals surface area contributed by atoms with Crippen molar-refractivity contribution in [2.45, 2.75) is 11.3 Å². The third-order valence-corrected chi connectivity index (χ3v) is 3.81. The highest BCUT2D eigenvalue weighted by molar-refractivity contribution is 7.89. The first kappa shape index (κ1) is 14.8. The van der Waals surface area contributed by atoms with Crippen molar-refractivity contribution in [3.05, 3.63) is 42.1 Å². The molecule has 0 atom stereocenters. The Balaban J connectivity index is 2.61. The smallest absolute Gasteiger partial charge is 0.238 e. The molecule has 2 rings (SSSR count). The second-order valence-corrected chi connectivity index (χ2v) is 5.98. The lowest BCUT2D eigenvalue weighted by Gasteiger charge is -2.10. The molecule has 0 aliphatic heterocycles. The SMILES string of the molecule is C=CCCOc1ccc(S(N)(=O)=O)c2ccc(Cl)nc12. The van der Waals surface area contributed by atoms with Gasteiger partial charge < -0.3 is 4.74 Å². The number of sulfonamides is 1. The minimum atomic E-state index is -3.84. The number of benzene rings is 1. The number of fused-ring (bicyclic) bond motifs is 1. The molecular formula is C13H13ClN2O3S. The van der Waals surface area contributed by atoms with Gasteiger partial charge in [-0.25, -0.2) is 18.5 Å². The third kappa shape index (κ3) is 3.09. The molecule has 5 nitrogen and oxygen atoms in total. The number of nitrogens with two attached hydrogens (primary N) is 1. The van der Waals surface area contributed by atoms with E-state index in [1.54, 1.807) is 12.1 Å². The van der Waals surface area contributed by atoms with Gasteiger partial charge in [-0.3, -0.25) is 0 Å². The number of pyridine rings is 1. The predicted molar refractivity (Wildman–Crippen MR) is 78.4 cm³/mol. The number of aromatic nitrogens is 1. The highest BCUT2D eigenvalue weighted by Gasteiger charge is 2.16. The molecule has 0 saturated carbocycles. The van der Waals surface area contributed by atoms with Crippen LogP contribution in [-0.4, -0.2) is 20.0 Å². The van der Waals surface area contributed by atoms with Crippen molar-refractivity contribution in [2.75, 3.05) is 6.61 Å². The molecule has 0 saturated heterocycles. The Kier molecular flexibility index (Phi) is 4.27. The molecule has 20 heavy (non-hydrogen) atoms. The normalized spacial score (nSPS) is 11.5. The van der Waals surface area contributed by atoms with Gasteiger partial charge in [-0.05, 0) is 30.7 Å². The van der Waals surface area contributed by atoms with Gasteiger partial charge in [0, 0.05) is 5.39 Å². The van der Waals surface area contributed by atoms with Crippen LogP contribution in [0.3, 0.4) is 0 Å². The summed E-state index contributed by atoms with van der Waals surface area (Å²) >= 11 is 5.86. The van der Waals surface area contributed by atoms with Crippen molar-refractivity contribution in [3.63, 3.8) is 0 Å². The molecule has 2 aromatic rings. The molecule has 2 N–H and O–H groups in total. The van der Waals surface area contributed by atoms with Crippen LogP contribution in [0.1, 0.15) is 6.42 Å². The van der Waals surface area contributed by atoms with E-state index in [9.17, 15) is 8.42 Å². The topological polar surface area (TPSA) is 82.3 Å². The number of rotatable bonds is 5. The Morgan fingerprint density at radius 3 is 2.75 bits per heavy atom. The lowest BCUT2D eigenvalue weighted by molar-refractivity contribution is 0.328. The Morgan fingerprint density at radius 1 is 1.35 bits per heavy atom. The van der Waals surface area contributed by atoms with E-state index >= 15 is 0 Å². The Labute approximate surface area is 122 Å². The average Bonchev–Trinajstić information content (AvgIpc) is 2.37. The second kappa shape index (κ2) is 5.78. The third-order valence-electron chi connectivity index (χ3n) is 2.63. The summed E-state index contributed by atoms with van der Waals surface area (Å²) in [5.74, 6) is 0.455. The first-order valence-electron chi connectivity index (χ1n) is 5.79. The molecular weight excluding hydrogens is 300 g/mol. The van der Waals surface area contributed by atoms with E-state index in [1.807, 2.05) is 0 Å². The second-order valence-electron chi connectivity index (χ2n) is 4.06. The summed E-state index contributed by atoms with van der Waals surface area (Å²) in [5, 5.41) is 5.82. The van der Waals surface area contributed by atoms with E-state index in [0.29, 0.717) is 29.7 Å². The lowest BCUT2D eigenvalue weighted by atomic mass is 10.2. The van der Waals surface area contributed by atoms with Crippen LogP contribution in [0.2, 0.25) is 5.15 Å². The van der Waals surface area contributed by atoms with E-state index in [4.69, 9.17) is 21.5 Å². The zero-order valence-electron chi connectivity index (χ0n) is 10.5. The van der Waals surface area contributed by atoms with Crippen molar-refractivity contribution in [3.8, 4) is 5.75 Å². The summed E-state index contributed by atoms with van der Waals surface area (Å²) in [6, 6.07) is 5.99. The van der Waals surface area contributed by atoms with Gasteiger partial charge in [0.25, 0.3) is 0 Å². The van der Waals surface area contributed by atoms with Crippen molar-refractivity contribution < 1.29 is 13.2 Å². The molecule has 106 valence electrons. The summed E-state index contributed by atoms with van der Waals surface area (Å²) in [5.41, 5.74) is 0.369. The first-order valence-corrected chi connectivity index (χ1v) is 7.71. The van der Waals surface area contributed by atoms with Gasteiger partial charge in [0.2, 0.25) is 10.0 Å². The fourth-order valence-electron chi connectivity index (χ4n) is 1.76. The molecule has 7 heteroatoms. The highest BCUT2D eigenvalue weighted by Crippen LogP contribution is 2.30. The molecule has 0 radical (unpaired) electrons. The lowest BCUT2D eigenvalue weighted by Crippen LogP contribution is -2.13. The molecule has 0 unspecified atom stereocenters.